The molecule has 1 aliphatic rings. The molecule has 1 N–H and O–H groups in total. The second-order valence-corrected chi connectivity index (χ2v) is 5.90. The smallest absolute Gasteiger partial charge is 0.319 e. The summed E-state index contributed by atoms with van der Waals surface area (Å²) in [6, 6.07) is 16.9. The summed E-state index contributed by atoms with van der Waals surface area (Å²) in [6.45, 7) is 1.66. The van der Waals surface area contributed by atoms with Gasteiger partial charge >= 0.3 is 6.03 Å². The van der Waals surface area contributed by atoms with E-state index in [0.717, 1.165) is 4.90 Å². The van der Waals surface area contributed by atoms with Crippen LogP contribution >= 0.6 is 0 Å². The van der Waals surface area contributed by atoms with E-state index in [-0.39, 0.29) is 6.54 Å². The van der Waals surface area contributed by atoms with E-state index in [1.165, 1.54) is 0 Å². The number of nitrogens with one attached hydrogen (secondary N) is 1. The van der Waals surface area contributed by atoms with Gasteiger partial charge in [0.25, 0.3) is 5.91 Å². The summed E-state index contributed by atoms with van der Waals surface area (Å²) >= 11 is 0. The maximum atomic E-state index is 12.9. The van der Waals surface area contributed by atoms with Gasteiger partial charge in [-0.1, -0.05) is 30.3 Å². The molecule has 0 aromatic heterocycles. The van der Waals surface area contributed by atoms with Crippen LogP contribution in [0.25, 0.3) is 0 Å². The molecule has 25 heavy (non-hydrogen) atoms. The van der Waals surface area contributed by atoms with Crippen molar-refractivity contribution < 1.29 is 9.59 Å². The lowest BCUT2D eigenvalue weighted by atomic mass is 9.91. The fourth-order valence-electron chi connectivity index (χ4n) is 2.85. The minimum absolute atomic E-state index is 0.0280. The molecule has 1 fully saturated rings. The van der Waals surface area contributed by atoms with E-state index in [1.54, 1.807) is 55.5 Å². The van der Waals surface area contributed by atoms with Gasteiger partial charge < -0.3 is 5.32 Å². The number of amides is 3. The lowest BCUT2D eigenvalue weighted by Gasteiger charge is -2.22. The number of hydrogen-bond donors (Lipinski definition) is 1. The summed E-state index contributed by atoms with van der Waals surface area (Å²) < 4.78 is 0. The zero-order chi connectivity index (χ0) is 18.0. The van der Waals surface area contributed by atoms with Gasteiger partial charge in [-0.3, -0.25) is 9.69 Å². The molecule has 1 saturated heterocycles. The second-order valence-electron chi connectivity index (χ2n) is 5.90. The molecule has 6 heteroatoms. The predicted octanol–water partition coefficient (Wildman–Crippen LogP) is 2.40. The van der Waals surface area contributed by atoms with Crippen LogP contribution in [0.1, 0.15) is 29.2 Å². The Morgan fingerprint density at radius 2 is 1.72 bits per heavy atom. The highest BCUT2D eigenvalue weighted by Gasteiger charge is 2.48. The third-order valence-corrected chi connectivity index (χ3v) is 4.33. The normalized spacial score (nSPS) is 19.2. The fraction of sp³-hybridized carbons (Fsp3) is 0.158. The Bertz CT molecular complexity index is 937. The largest absolute Gasteiger partial charge is 0.325 e. The molecule has 0 radical (unpaired) electrons. The van der Waals surface area contributed by atoms with Gasteiger partial charge in [-0.05, 0) is 36.2 Å². The lowest BCUT2D eigenvalue weighted by molar-refractivity contribution is -0.131. The highest BCUT2D eigenvalue weighted by atomic mass is 16.2. The van der Waals surface area contributed by atoms with E-state index in [9.17, 15) is 14.9 Å². The van der Waals surface area contributed by atoms with E-state index < -0.39 is 17.5 Å². The summed E-state index contributed by atoms with van der Waals surface area (Å²) in [7, 11) is 0. The third kappa shape index (κ3) is 2.71. The Hall–Kier alpha value is -3.64. The Kier molecular flexibility index (Phi) is 3.96. The van der Waals surface area contributed by atoms with Crippen molar-refractivity contribution in [3.8, 4) is 12.1 Å². The van der Waals surface area contributed by atoms with Crippen LogP contribution in [-0.4, -0.2) is 16.8 Å². The number of carbonyl (C=O) groups excluding carboxylic acids is 2. The van der Waals surface area contributed by atoms with E-state index in [4.69, 9.17) is 5.26 Å². The van der Waals surface area contributed by atoms with Crippen LogP contribution < -0.4 is 5.32 Å². The van der Waals surface area contributed by atoms with Crippen molar-refractivity contribution in [1.82, 2.24) is 10.2 Å². The highest BCUT2D eigenvalue weighted by Crippen LogP contribution is 2.30. The minimum atomic E-state index is -1.20. The van der Waals surface area contributed by atoms with Crippen LogP contribution in [-0.2, 0) is 16.9 Å². The van der Waals surface area contributed by atoms with Crippen LogP contribution in [0, 0.1) is 22.7 Å². The van der Waals surface area contributed by atoms with Crippen LogP contribution in [0.2, 0.25) is 0 Å². The molecule has 2 aromatic rings. The van der Waals surface area contributed by atoms with E-state index in [2.05, 4.69) is 11.4 Å². The topological polar surface area (TPSA) is 97.0 Å². The first kappa shape index (κ1) is 16.2. The SMILES string of the molecule is C[C@]1(c2ccc(C#N)cc2)NC(=O)N(Cc2ccccc2C#N)C1=O. The fourth-order valence-corrected chi connectivity index (χ4v) is 2.85. The van der Waals surface area contributed by atoms with E-state index in [1.807, 2.05) is 6.07 Å². The lowest BCUT2D eigenvalue weighted by Crippen LogP contribution is -2.40. The first-order valence-corrected chi connectivity index (χ1v) is 7.62. The van der Waals surface area contributed by atoms with Crippen molar-refractivity contribution in [2.24, 2.45) is 0 Å². The van der Waals surface area contributed by atoms with Crippen LogP contribution in [0.3, 0.4) is 0 Å². The molecule has 0 spiro atoms. The summed E-state index contributed by atoms with van der Waals surface area (Å²) in [6.07, 6.45) is 0. The molecule has 2 aromatic carbocycles. The zero-order valence-corrected chi connectivity index (χ0v) is 13.5. The van der Waals surface area contributed by atoms with Gasteiger partial charge in [0.15, 0.2) is 0 Å². The number of nitrogens with zero attached hydrogens (tertiary/aromatic N) is 3. The molecule has 0 aliphatic carbocycles. The van der Waals surface area contributed by atoms with Gasteiger partial charge in [0.1, 0.15) is 5.54 Å². The molecule has 1 atom stereocenters. The summed E-state index contributed by atoms with van der Waals surface area (Å²) in [4.78, 5) is 26.4. The van der Waals surface area contributed by atoms with Crippen molar-refractivity contribution in [3.63, 3.8) is 0 Å². The van der Waals surface area contributed by atoms with Crippen LogP contribution in [0.4, 0.5) is 4.79 Å². The molecule has 0 unspecified atom stereocenters. The maximum absolute atomic E-state index is 12.9. The summed E-state index contributed by atoms with van der Waals surface area (Å²) in [5, 5.41) is 20.8. The minimum Gasteiger partial charge on any atom is -0.319 e. The number of urea groups is 1. The average Bonchev–Trinajstić information content (AvgIpc) is 2.86. The highest BCUT2D eigenvalue weighted by molar-refractivity contribution is 6.07. The molecule has 1 heterocycles. The van der Waals surface area contributed by atoms with Gasteiger partial charge in [0.2, 0.25) is 0 Å². The van der Waals surface area contributed by atoms with E-state index in [0.29, 0.717) is 22.3 Å². The maximum Gasteiger partial charge on any atom is 0.325 e. The molecular formula is C19H14N4O2. The van der Waals surface area contributed by atoms with Gasteiger partial charge in [-0.2, -0.15) is 10.5 Å². The second kappa shape index (κ2) is 6.10. The molecule has 122 valence electrons. The van der Waals surface area contributed by atoms with Crippen molar-refractivity contribution in [2.45, 2.75) is 19.0 Å². The van der Waals surface area contributed by atoms with Gasteiger partial charge in [0, 0.05) is 0 Å². The molecule has 1 aliphatic heterocycles. The number of carbonyl (C=O) groups is 2. The standard InChI is InChI=1S/C19H14N4O2/c1-19(16-8-6-13(10-20)7-9-16)17(24)23(18(25)22-19)12-15-5-3-2-4-14(15)11-21/h2-9H,12H2,1H3,(H,22,25)/t19-/m1/s1. The Balaban J connectivity index is 1.91. The van der Waals surface area contributed by atoms with Crippen LogP contribution in [0.15, 0.2) is 48.5 Å². The summed E-state index contributed by atoms with van der Waals surface area (Å²) in [5.41, 5.74) is 0.907. The Labute approximate surface area is 144 Å². The molecular weight excluding hydrogens is 316 g/mol. The van der Waals surface area contributed by atoms with Crippen LogP contribution in [0.5, 0.6) is 0 Å². The number of nitriles is 2. The van der Waals surface area contributed by atoms with Gasteiger partial charge in [-0.15, -0.1) is 0 Å². The number of rotatable bonds is 3. The number of hydrogen-bond acceptors (Lipinski definition) is 4. The number of imide groups is 1. The molecule has 3 rings (SSSR count). The Morgan fingerprint density at radius 1 is 1.04 bits per heavy atom. The molecule has 6 nitrogen and oxygen atoms in total. The third-order valence-electron chi connectivity index (χ3n) is 4.33. The van der Waals surface area contributed by atoms with Crippen molar-refractivity contribution in [1.29, 1.82) is 10.5 Å². The van der Waals surface area contributed by atoms with Crippen molar-refractivity contribution in [3.05, 3.63) is 70.8 Å². The van der Waals surface area contributed by atoms with Gasteiger partial charge in [-0.25, -0.2) is 4.79 Å². The van der Waals surface area contributed by atoms with Crippen molar-refractivity contribution >= 4 is 11.9 Å². The molecule has 0 bridgehead atoms. The Morgan fingerprint density at radius 3 is 2.36 bits per heavy atom. The zero-order valence-electron chi connectivity index (χ0n) is 13.5. The molecule has 3 amide bonds. The quantitative estimate of drug-likeness (QED) is 0.874. The van der Waals surface area contributed by atoms with Crippen molar-refractivity contribution in [2.75, 3.05) is 0 Å². The number of benzene rings is 2. The van der Waals surface area contributed by atoms with E-state index >= 15 is 0 Å². The summed E-state index contributed by atoms with van der Waals surface area (Å²) in [5.74, 6) is -0.394. The molecule has 0 saturated carbocycles. The average molecular weight is 330 g/mol. The monoisotopic (exact) mass is 330 g/mol. The first-order chi connectivity index (χ1) is 12.0. The first-order valence-electron chi connectivity index (χ1n) is 7.62. The van der Waals surface area contributed by atoms with Gasteiger partial charge in [0.05, 0.1) is 29.8 Å². The predicted molar refractivity (Wildman–Crippen MR) is 88.7 cm³/mol.